The second kappa shape index (κ2) is 11.5. The molecular weight excluding hydrogens is 414 g/mol. The van der Waals surface area contributed by atoms with E-state index in [0.29, 0.717) is 29.2 Å². The summed E-state index contributed by atoms with van der Waals surface area (Å²) < 4.78 is 35.8. The van der Waals surface area contributed by atoms with Gasteiger partial charge in [-0.25, -0.2) is 8.78 Å². The van der Waals surface area contributed by atoms with Crippen LogP contribution in [0.25, 0.3) is 10.8 Å². The van der Waals surface area contributed by atoms with Crippen molar-refractivity contribution < 1.29 is 13.5 Å². The Bertz CT molecular complexity index is 937. The molecule has 180 valence electrons. The van der Waals surface area contributed by atoms with Gasteiger partial charge < -0.3 is 4.74 Å². The molecule has 2 aliphatic rings. The topological polar surface area (TPSA) is 9.23 Å². The molecule has 0 N–H and O–H groups in total. The van der Waals surface area contributed by atoms with Crippen LogP contribution in [0, 0.1) is 29.4 Å². The molecule has 2 unspecified atom stereocenters. The van der Waals surface area contributed by atoms with E-state index >= 15 is 4.39 Å². The first kappa shape index (κ1) is 24.2. The second-order valence-electron chi connectivity index (χ2n) is 10.5. The van der Waals surface area contributed by atoms with Gasteiger partial charge in [0.05, 0.1) is 5.39 Å². The molecule has 0 heterocycles. The molecule has 0 aliphatic heterocycles. The SMILES string of the molecule is C=CCOc1cc(F)c2c(F)c([C@@H]3CC[C@@H]4CC(CCCCCCC)CCC4C3)ccc2c1. The van der Waals surface area contributed by atoms with Crippen LogP contribution in [0.3, 0.4) is 0 Å². The van der Waals surface area contributed by atoms with Crippen molar-refractivity contribution in [3.05, 3.63) is 54.1 Å². The molecule has 33 heavy (non-hydrogen) atoms. The third-order valence-electron chi connectivity index (χ3n) is 8.25. The number of fused-ring (bicyclic) bond motifs is 2. The van der Waals surface area contributed by atoms with Gasteiger partial charge in [-0.2, -0.15) is 0 Å². The number of hydrogen-bond donors (Lipinski definition) is 0. The average Bonchev–Trinajstić information content (AvgIpc) is 2.82. The van der Waals surface area contributed by atoms with Crippen LogP contribution in [0.15, 0.2) is 36.9 Å². The molecule has 2 aromatic rings. The molecule has 0 saturated heterocycles. The molecule has 2 aliphatic carbocycles. The molecule has 4 atom stereocenters. The minimum Gasteiger partial charge on any atom is -0.489 e. The maximum Gasteiger partial charge on any atom is 0.137 e. The van der Waals surface area contributed by atoms with Crippen LogP contribution in [0.4, 0.5) is 8.78 Å². The number of hydrogen-bond acceptors (Lipinski definition) is 1. The average molecular weight is 455 g/mol. The summed E-state index contributed by atoms with van der Waals surface area (Å²) in [5.74, 6) is 2.11. The molecule has 0 spiro atoms. The van der Waals surface area contributed by atoms with Crippen LogP contribution in [0.5, 0.6) is 5.75 Å². The van der Waals surface area contributed by atoms with Crippen molar-refractivity contribution in [3.63, 3.8) is 0 Å². The van der Waals surface area contributed by atoms with Gasteiger partial charge in [-0.1, -0.05) is 76.7 Å². The maximum absolute atomic E-state index is 15.5. The zero-order valence-corrected chi connectivity index (χ0v) is 20.3. The van der Waals surface area contributed by atoms with Gasteiger partial charge in [0, 0.05) is 6.07 Å². The quantitative estimate of drug-likeness (QED) is 0.257. The summed E-state index contributed by atoms with van der Waals surface area (Å²) in [6.07, 6.45) is 17.1. The number of ether oxygens (including phenoxy) is 1. The van der Waals surface area contributed by atoms with Crippen LogP contribution in [0.1, 0.15) is 95.5 Å². The number of unbranched alkanes of at least 4 members (excludes halogenated alkanes) is 4. The van der Waals surface area contributed by atoms with E-state index in [1.54, 1.807) is 12.1 Å². The molecule has 2 aromatic carbocycles. The van der Waals surface area contributed by atoms with E-state index in [9.17, 15) is 4.39 Å². The Balaban J connectivity index is 1.39. The van der Waals surface area contributed by atoms with E-state index in [4.69, 9.17) is 4.74 Å². The minimum atomic E-state index is -0.543. The molecule has 4 rings (SSSR count). The third-order valence-corrected chi connectivity index (χ3v) is 8.25. The van der Waals surface area contributed by atoms with Crippen molar-refractivity contribution in [2.75, 3.05) is 6.61 Å². The Hall–Kier alpha value is -1.90. The highest BCUT2D eigenvalue weighted by atomic mass is 19.1. The van der Waals surface area contributed by atoms with E-state index in [2.05, 4.69) is 13.5 Å². The predicted octanol–water partition coefficient (Wildman–Crippen LogP) is 9.34. The molecule has 0 bridgehead atoms. The molecule has 0 aromatic heterocycles. The Kier molecular flexibility index (Phi) is 8.44. The monoisotopic (exact) mass is 454 g/mol. The number of benzene rings is 2. The molecule has 2 saturated carbocycles. The zero-order valence-electron chi connectivity index (χ0n) is 20.3. The largest absolute Gasteiger partial charge is 0.489 e. The molecule has 2 fully saturated rings. The fraction of sp³-hybridized carbons (Fsp3) is 0.600. The highest BCUT2D eigenvalue weighted by Crippen LogP contribution is 2.49. The van der Waals surface area contributed by atoms with E-state index in [-0.39, 0.29) is 17.1 Å². The van der Waals surface area contributed by atoms with Crippen molar-refractivity contribution >= 4 is 10.8 Å². The van der Waals surface area contributed by atoms with Gasteiger partial charge in [0.1, 0.15) is 24.0 Å². The van der Waals surface area contributed by atoms with Crippen LogP contribution < -0.4 is 4.74 Å². The lowest BCUT2D eigenvalue weighted by atomic mass is 9.63. The van der Waals surface area contributed by atoms with Crippen molar-refractivity contribution in [1.82, 2.24) is 0 Å². The van der Waals surface area contributed by atoms with Gasteiger partial charge >= 0.3 is 0 Å². The predicted molar refractivity (Wildman–Crippen MR) is 134 cm³/mol. The lowest BCUT2D eigenvalue weighted by molar-refractivity contribution is 0.112. The summed E-state index contributed by atoms with van der Waals surface area (Å²) in [6, 6.07) is 6.76. The molecule has 3 heteroatoms. The van der Waals surface area contributed by atoms with Gasteiger partial charge in [-0.3, -0.25) is 0 Å². The Morgan fingerprint density at radius 1 is 0.970 bits per heavy atom. The summed E-state index contributed by atoms with van der Waals surface area (Å²) in [6.45, 7) is 6.19. The van der Waals surface area contributed by atoms with E-state index in [0.717, 1.165) is 24.7 Å². The highest BCUT2D eigenvalue weighted by molar-refractivity contribution is 5.86. The third kappa shape index (κ3) is 5.78. The van der Waals surface area contributed by atoms with Gasteiger partial charge in [0.25, 0.3) is 0 Å². The lowest BCUT2D eigenvalue weighted by Gasteiger charge is -2.42. The minimum absolute atomic E-state index is 0.104. The lowest BCUT2D eigenvalue weighted by Crippen LogP contribution is -2.30. The van der Waals surface area contributed by atoms with Crippen molar-refractivity contribution in [2.24, 2.45) is 17.8 Å². The Morgan fingerprint density at radius 3 is 2.58 bits per heavy atom. The first-order chi connectivity index (χ1) is 16.1. The van der Waals surface area contributed by atoms with Crippen LogP contribution in [0.2, 0.25) is 0 Å². The van der Waals surface area contributed by atoms with Crippen LogP contribution >= 0.6 is 0 Å². The first-order valence-corrected chi connectivity index (χ1v) is 13.3. The first-order valence-electron chi connectivity index (χ1n) is 13.3. The van der Waals surface area contributed by atoms with Gasteiger partial charge in [-0.15, -0.1) is 0 Å². The number of rotatable bonds is 10. The Morgan fingerprint density at radius 2 is 1.76 bits per heavy atom. The number of halogens is 2. The van der Waals surface area contributed by atoms with Gasteiger partial charge in [0.15, 0.2) is 0 Å². The standard InChI is InChI=1S/C30H40F2O/c1-3-5-6-7-8-9-21-10-11-23-18-24(13-12-22(23)17-21)27-15-14-25-19-26(33-16-4-2)20-28(31)29(25)30(27)32/h4,14-15,19-24H,2-3,5-13,16-18H2,1H3/t21?,22-,23?,24-/m1/s1. The normalized spacial score (nSPS) is 25.1. The summed E-state index contributed by atoms with van der Waals surface area (Å²) in [4.78, 5) is 0. The van der Waals surface area contributed by atoms with Crippen molar-refractivity contribution in [1.29, 1.82) is 0 Å². The summed E-state index contributed by atoms with van der Waals surface area (Å²) in [7, 11) is 0. The van der Waals surface area contributed by atoms with Crippen LogP contribution in [-0.4, -0.2) is 6.61 Å². The summed E-state index contributed by atoms with van der Waals surface area (Å²) in [5, 5.41) is 0.663. The van der Waals surface area contributed by atoms with Gasteiger partial charge in [-0.05, 0) is 72.8 Å². The second-order valence-corrected chi connectivity index (χ2v) is 10.5. The summed E-state index contributed by atoms with van der Waals surface area (Å²) >= 11 is 0. The van der Waals surface area contributed by atoms with Gasteiger partial charge in [0.2, 0.25) is 0 Å². The maximum atomic E-state index is 15.5. The molecule has 0 radical (unpaired) electrons. The van der Waals surface area contributed by atoms with Crippen molar-refractivity contribution in [3.8, 4) is 5.75 Å². The van der Waals surface area contributed by atoms with Crippen LogP contribution in [-0.2, 0) is 0 Å². The van der Waals surface area contributed by atoms with E-state index < -0.39 is 5.82 Å². The fourth-order valence-electron chi connectivity index (χ4n) is 6.48. The van der Waals surface area contributed by atoms with E-state index in [1.807, 2.05) is 12.1 Å². The van der Waals surface area contributed by atoms with E-state index in [1.165, 1.54) is 70.3 Å². The zero-order chi connectivity index (χ0) is 23.2. The smallest absolute Gasteiger partial charge is 0.137 e. The summed E-state index contributed by atoms with van der Waals surface area (Å²) in [5.41, 5.74) is 0.706. The molecule has 0 amide bonds. The molecular formula is C30H40F2O. The Labute approximate surface area is 198 Å². The van der Waals surface area contributed by atoms with Crippen molar-refractivity contribution in [2.45, 2.75) is 89.9 Å². The molecule has 1 nitrogen and oxygen atoms in total. The highest BCUT2D eigenvalue weighted by Gasteiger charge is 2.36. The fourth-order valence-corrected chi connectivity index (χ4v) is 6.48.